The van der Waals surface area contributed by atoms with Crippen molar-refractivity contribution in [1.82, 2.24) is 5.32 Å². The number of methoxy groups -OCH3 is 1. The molecule has 2 aromatic rings. The van der Waals surface area contributed by atoms with E-state index in [0.717, 1.165) is 6.07 Å². The Bertz CT molecular complexity index is 932. The molecule has 0 aromatic heterocycles. The van der Waals surface area contributed by atoms with Gasteiger partial charge < -0.3 is 20.1 Å². The van der Waals surface area contributed by atoms with Crippen LogP contribution in [0.1, 0.15) is 12.5 Å². The third-order valence-electron chi connectivity index (χ3n) is 3.65. The first-order valence-corrected chi connectivity index (χ1v) is 8.55. The summed E-state index contributed by atoms with van der Waals surface area (Å²) in [5.41, 5.74) is 0.133. The minimum absolute atomic E-state index is 0.477. The van der Waals surface area contributed by atoms with Gasteiger partial charge in [0.2, 0.25) is 11.8 Å². The van der Waals surface area contributed by atoms with Gasteiger partial charge in [-0.25, -0.2) is 13.2 Å². The number of ether oxygens (including phenoxy) is 2. The molecule has 2 rings (SSSR count). The van der Waals surface area contributed by atoms with E-state index in [0.29, 0.717) is 29.7 Å². The Morgan fingerprint density at radius 3 is 2.52 bits per heavy atom. The lowest BCUT2D eigenvalue weighted by Gasteiger charge is -2.09. The molecule has 0 heterocycles. The van der Waals surface area contributed by atoms with Gasteiger partial charge >= 0.3 is 0 Å². The smallest absolute Gasteiger partial charge is 0.244 e. The lowest BCUT2D eigenvalue weighted by molar-refractivity contribution is -0.121. The van der Waals surface area contributed by atoms with Crippen molar-refractivity contribution in [3.05, 3.63) is 59.4 Å². The summed E-state index contributed by atoms with van der Waals surface area (Å²) in [5.74, 6) is -4.90. The van der Waals surface area contributed by atoms with Crippen LogP contribution in [-0.2, 0) is 9.59 Å². The third kappa shape index (κ3) is 6.00. The van der Waals surface area contributed by atoms with Crippen LogP contribution in [0.5, 0.6) is 11.5 Å². The highest BCUT2D eigenvalue weighted by atomic mass is 19.2. The SMILES string of the molecule is CCOc1ccc(/C=C/C(=O)NCC(=O)Nc2ccc(F)c(F)c2F)cc1OC. The maximum Gasteiger partial charge on any atom is 0.244 e. The summed E-state index contributed by atoms with van der Waals surface area (Å²) in [6.07, 6.45) is 2.70. The number of amides is 2. The van der Waals surface area contributed by atoms with Crippen LogP contribution in [0.2, 0.25) is 0 Å². The molecule has 0 atom stereocenters. The molecule has 9 heteroatoms. The highest BCUT2D eigenvalue weighted by Gasteiger charge is 2.15. The molecule has 2 amide bonds. The molecule has 154 valence electrons. The van der Waals surface area contributed by atoms with E-state index >= 15 is 0 Å². The van der Waals surface area contributed by atoms with E-state index in [1.807, 2.05) is 6.92 Å². The van der Waals surface area contributed by atoms with Gasteiger partial charge in [-0.2, -0.15) is 0 Å². The number of carbonyl (C=O) groups excluding carboxylic acids is 2. The molecule has 0 saturated carbocycles. The highest BCUT2D eigenvalue weighted by molar-refractivity contribution is 5.98. The molecule has 0 aliphatic carbocycles. The zero-order valence-corrected chi connectivity index (χ0v) is 15.7. The van der Waals surface area contributed by atoms with Crippen LogP contribution in [0.4, 0.5) is 18.9 Å². The number of anilines is 1. The van der Waals surface area contributed by atoms with Gasteiger partial charge in [0.05, 0.1) is 25.9 Å². The van der Waals surface area contributed by atoms with Crippen molar-refractivity contribution in [2.45, 2.75) is 6.92 Å². The molecule has 0 aliphatic rings. The predicted octanol–water partition coefficient (Wildman–Crippen LogP) is 3.28. The molecule has 2 N–H and O–H groups in total. The van der Waals surface area contributed by atoms with Crippen molar-refractivity contribution in [2.24, 2.45) is 0 Å². The summed E-state index contributed by atoms with van der Waals surface area (Å²) in [6, 6.07) is 6.65. The van der Waals surface area contributed by atoms with E-state index in [2.05, 4.69) is 10.6 Å². The average molecular weight is 408 g/mol. The molecule has 29 heavy (non-hydrogen) atoms. The Labute approximate surface area is 165 Å². The monoisotopic (exact) mass is 408 g/mol. The Balaban J connectivity index is 1.91. The molecule has 0 aliphatic heterocycles. The van der Waals surface area contributed by atoms with E-state index in [9.17, 15) is 22.8 Å². The topological polar surface area (TPSA) is 76.7 Å². The summed E-state index contributed by atoms with van der Waals surface area (Å²) in [6.45, 7) is 1.83. The normalized spacial score (nSPS) is 10.7. The number of nitrogens with one attached hydrogen (secondary N) is 2. The Kier molecular flexibility index (Phi) is 7.64. The van der Waals surface area contributed by atoms with Crippen LogP contribution in [0.15, 0.2) is 36.4 Å². The lowest BCUT2D eigenvalue weighted by atomic mass is 10.2. The lowest BCUT2D eigenvalue weighted by Crippen LogP contribution is -2.32. The molecule has 6 nitrogen and oxygen atoms in total. The van der Waals surface area contributed by atoms with Gasteiger partial charge in [0, 0.05) is 6.08 Å². The van der Waals surface area contributed by atoms with Crippen molar-refractivity contribution in [2.75, 3.05) is 25.6 Å². The van der Waals surface area contributed by atoms with Crippen LogP contribution in [0, 0.1) is 17.5 Å². The van der Waals surface area contributed by atoms with Gasteiger partial charge in [0.25, 0.3) is 0 Å². The second-order valence-corrected chi connectivity index (χ2v) is 5.67. The largest absolute Gasteiger partial charge is 0.493 e. The van der Waals surface area contributed by atoms with Gasteiger partial charge in [-0.3, -0.25) is 9.59 Å². The van der Waals surface area contributed by atoms with Crippen molar-refractivity contribution < 1.29 is 32.2 Å². The summed E-state index contributed by atoms with van der Waals surface area (Å²) in [4.78, 5) is 23.6. The molecular formula is C20H19F3N2O4. The molecule has 0 bridgehead atoms. The first-order chi connectivity index (χ1) is 13.8. The summed E-state index contributed by atoms with van der Waals surface area (Å²) in [5, 5.41) is 4.35. The van der Waals surface area contributed by atoms with E-state index in [1.54, 1.807) is 18.2 Å². The predicted molar refractivity (Wildman–Crippen MR) is 101 cm³/mol. The second-order valence-electron chi connectivity index (χ2n) is 5.67. The van der Waals surface area contributed by atoms with Crippen LogP contribution in [0.3, 0.4) is 0 Å². The number of hydrogen-bond acceptors (Lipinski definition) is 4. The fourth-order valence-corrected chi connectivity index (χ4v) is 2.28. The van der Waals surface area contributed by atoms with Crippen LogP contribution >= 0.6 is 0 Å². The molecule has 0 saturated heterocycles. The first kappa shape index (κ1) is 21.8. The third-order valence-corrected chi connectivity index (χ3v) is 3.65. The zero-order valence-electron chi connectivity index (χ0n) is 15.7. The van der Waals surface area contributed by atoms with E-state index in [-0.39, 0.29) is 0 Å². The molecule has 0 spiro atoms. The maximum atomic E-state index is 13.5. The maximum absolute atomic E-state index is 13.5. The van der Waals surface area contributed by atoms with Gasteiger partial charge in [-0.15, -0.1) is 0 Å². The van der Waals surface area contributed by atoms with Crippen molar-refractivity contribution in [3.8, 4) is 11.5 Å². The summed E-state index contributed by atoms with van der Waals surface area (Å²) in [7, 11) is 1.49. The number of rotatable bonds is 8. The molecular weight excluding hydrogens is 389 g/mol. The van der Waals surface area contributed by atoms with Crippen molar-refractivity contribution in [1.29, 1.82) is 0 Å². The molecule has 0 radical (unpaired) electrons. The number of benzene rings is 2. The van der Waals surface area contributed by atoms with Crippen LogP contribution < -0.4 is 20.1 Å². The number of carbonyl (C=O) groups is 2. The van der Waals surface area contributed by atoms with Crippen LogP contribution in [-0.4, -0.2) is 32.1 Å². The first-order valence-electron chi connectivity index (χ1n) is 8.55. The van der Waals surface area contributed by atoms with Crippen LogP contribution in [0.25, 0.3) is 6.08 Å². The fourth-order valence-electron chi connectivity index (χ4n) is 2.28. The minimum Gasteiger partial charge on any atom is -0.493 e. The zero-order chi connectivity index (χ0) is 21.4. The number of hydrogen-bond donors (Lipinski definition) is 2. The molecule has 0 unspecified atom stereocenters. The Morgan fingerprint density at radius 1 is 1.07 bits per heavy atom. The van der Waals surface area contributed by atoms with Crippen molar-refractivity contribution in [3.63, 3.8) is 0 Å². The molecule has 0 fully saturated rings. The van der Waals surface area contributed by atoms with Crippen molar-refractivity contribution >= 4 is 23.6 Å². The van der Waals surface area contributed by atoms with E-state index < -0.39 is 41.5 Å². The highest BCUT2D eigenvalue weighted by Crippen LogP contribution is 2.28. The fraction of sp³-hybridized carbons (Fsp3) is 0.200. The van der Waals surface area contributed by atoms with Gasteiger partial charge in [0.1, 0.15) is 0 Å². The van der Waals surface area contributed by atoms with Gasteiger partial charge in [-0.1, -0.05) is 6.07 Å². The quantitative estimate of drug-likeness (QED) is 0.519. The standard InChI is InChI=1S/C20H19F3N2O4/c1-3-29-15-8-4-12(10-16(15)28-2)5-9-17(26)24-11-18(27)25-14-7-6-13(21)19(22)20(14)23/h4-10H,3,11H2,1-2H3,(H,24,26)(H,25,27)/b9-5+. The molecule has 2 aromatic carbocycles. The average Bonchev–Trinajstić information content (AvgIpc) is 2.72. The Morgan fingerprint density at radius 2 is 1.83 bits per heavy atom. The van der Waals surface area contributed by atoms with Gasteiger partial charge in [0.15, 0.2) is 29.0 Å². The second kappa shape index (κ2) is 10.2. The van der Waals surface area contributed by atoms with E-state index in [1.165, 1.54) is 19.3 Å². The summed E-state index contributed by atoms with van der Waals surface area (Å²) < 4.78 is 50.2. The number of halogens is 3. The summed E-state index contributed by atoms with van der Waals surface area (Å²) >= 11 is 0. The van der Waals surface area contributed by atoms with E-state index in [4.69, 9.17) is 9.47 Å². The van der Waals surface area contributed by atoms with Gasteiger partial charge in [-0.05, 0) is 42.8 Å². The Hall–Kier alpha value is -3.49. The minimum atomic E-state index is -1.69.